The van der Waals surface area contributed by atoms with Gasteiger partial charge < -0.3 is 15.7 Å². The van der Waals surface area contributed by atoms with E-state index in [-0.39, 0.29) is 18.6 Å². The fourth-order valence-electron chi connectivity index (χ4n) is 1.82. The highest BCUT2D eigenvalue weighted by molar-refractivity contribution is 4.86. The summed E-state index contributed by atoms with van der Waals surface area (Å²) in [6, 6.07) is 0. The fourth-order valence-corrected chi connectivity index (χ4v) is 1.82. The molecule has 1 fully saturated rings. The monoisotopic (exact) mass is 226 g/mol. The van der Waals surface area contributed by atoms with E-state index in [0.717, 1.165) is 13.1 Å². The van der Waals surface area contributed by atoms with Crippen LogP contribution in [-0.2, 0) is 0 Å². The van der Waals surface area contributed by atoms with Crippen molar-refractivity contribution in [1.82, 2.24) is 10.6 Å². The molecule has 1 aliphatic heterocycles. The molecule has 0 saturated carbocycles. The van der Waals surface area contributed by atoms with Gasteiger partial charge in [0.2, 0.25) is 0 Å². The molecule has 1 saturated heterocycles. The standard InChI is InChI=1S/C9H17F3N2O/c10-9(11,12)6-14-5-8(7-15)1-3-13-4-2-8/h13-15H,1-7H2. The lowest BCUT2D eigenvalue weighted by molar-refractivity contribution is -0.126. The second kappa shape index (κ2) is 5.14. The summed E-state index contributed by atoms with van der Waals surface area (Å²) in [7, 11) is 0. The van der Waals surface area contributed by atoms with E-state index < -0.39 is 12.7 Å². The molecule has 0 aromatic carbocycles. The number of rotatable bonds is 4. The summed E-state index contributed by atoms with van der Waals surface area (Å²) in [5.41, 5.74) is -0.378. The summed E-state index contributed by atoms with van der Waals surface area (Å²) in [5.74, 6) is 0. The molecule has 1 aliphatic rings. The minimum atomic E-state index is -4.18. The molecular formula is C9H17F3N2O. The second-order valence-corrected chi connectivity index (χ2v) is 4.13. The van der Waals surface area contributed by atoms with Crippen LogP contribution in [0.15, 0.2) is 0 Å². The van der Waals surface area contributed by atoms with Gasteiger partial charge in [-0.3, -0.25) is 0 Å². The van der Waals surface area contributed by atoms with E-state index in [0.29, 0.717) is 12.8 Å². The van der Waals surface area contributed by atoms with Gasteiger partial charge in [0, 0.05) is 12.0 Å². The van der Waals surface area contributed by atoms with Gasteiger partial charge >= 0.3 is 6.18 Å². The van der Waals surface area contributed by atoms with Crippen LogP contribution in [0, 0.1) is 5.41 Å². The molecule has 0 radical (unpaired) electrons. The van der Waals surface area contributed by atoms with Gasteiger partial charge in [-0.25, -0.2) is 0 Å². The first kappa shape index (κ1) is 12.7. The van der Waals surface area contributed by atoms with Crippen LogP contribution < -0.4 is 10.6 Å². The van der Waals surface area contributed by atoms with E-state index >= 15 is 0 Å². The molecule has 0 bridgehead atoms. The quantitative estimate of drug-likeness (QED) is 0.654. The average Bonchev–Trinajstić information content (AvgIpc) is 2.17. The molecule has 1 rings (SSSR count). The normalized spacial score (nSPS) is 21.6. The molecule has 0 amide bonds. The molecular weight excluding hydrogens is 209 g/mol. The average molecular weight is 226 g/mol. The predicted molar refractivity (Wildman–Crippen MR) is 50.5 cm³/mol. The maximum Gasteiger partial charge on any atom is 0.401 e. The number of hydrogen-bond donors (Lipinski definition) is 3. The zero-order valence-electron chi connectivity index (χ0n) is 8.53. The first-order chi connectivity index (χ1) is 6.97. The predicted octanol–water partition coefficient (Wildman–Crippen LogP) is 0.500. The van der Waals surface area contributed by atoms with Crippen LogP contribution in [0.5, 0.6) is 0 Å². The van der Waals surface area contributed by atoms with Crippen molar-refractivity contribution >= 4 is 0 Å². The van der Waals surface area contributed by atoms with Gasteiger partial charge in [-0.15, -0.1) is 0 Å². The molecule has 0 unspecified atom stereocenters. The van der Waals surface area contributed by atoms with Crippen LogP contribution in [0.3, 0.4) is 0 Å². The SMILES string of the molecule is OCC1(CNCC(F)(F)F)CCNCC1. The Morgan fingerprint density at radius 2 is 1.87 bits per heavy atom. The summed E-state index contributed by atoms with van der Waals surface area (Å²) in [6.07, 6.45) is -2.74. The Kier molecular flexibility index (Phi) is 4.36. The molecule has 15 heavy (non-hydrogen) atoms. The van der Waals surface area contributed by atoms with Gasteiger partial charge in [-0.05, 0) is 25.9 Å². The van der Waals surface area contributed by atoms with Crippen LogP contribution in [0.1, 0.15) is 12.8 Å². The van der Waals surface area contributed by atoms with Crippen molar-refractivity contribution in [2.75, 3.05) is 32.8 Å². The number of halogens is 3. The van der Waals surface area contributed by atoms with Crippen molar-refractivity contribution in [1.29, 1.82) is 0 Å². The van der Waals surface area contributed by atoms with Crippen LogP contribution >= 0.6 is 0 Å². The minimum absolute atomic E-state index is 0.0560. The van der Waals surface area contributed by atoms with Crippen LogP contribution in [-0.4, -0.2) is 44.1 Å². The van der Waals surface area contributed by atoms with Crippen molar-refractivity contribution in [3.05, 3.63) is 0 Å². The fraction of sp³-hybridized carbons (Fsp3) is 1.00. The molecule has 1 heterocycles. The lowest BCUT2D eigenvalue weighted by atomic mass is 9.79. The topological polar surface area (TPSA) is 44.3 Å². The highest BCUT2D eigenvalue weighted by atomic mass is 19.4. The highest BCUT2D eigenvalue weighted by Crippen LogP contribution is 2.27. The Balaban J connectivity index is 2.33. The Hall–Kier alpha value is -0.330. The maximum atomic E-state index is 11.9. The molecule has 0 aromatic rings. The third-order valence-corrected chi connectivity index (χ3v) is 2.83. The number of aliphatic hydroxyl groups is 1. The number of nitrogens with one attached hydrogen (secondary N) is 2. The second-order valence-electron chi connectivity index (χ2n) is 4.13. The van der Waals surface area contributed by atoms with E-state index in [2.05, 4.69) is 10.6 Å². The Morgan fingerprint density at radius 1 is 1.27 bits per heavy atom. The zero-order chi connectivity index (χ0) is 11.4. The van der Waals surface area contributed by atoms with Gasteiger partial charge in [-0.2, -0.15) is 13.2 Å². The lowest BCUT2D eigenvalue weighted by Crippen LogP contribution is -2.47. The summed E-state index contributed by atoms with van der Waals surface area (Å²) in [4.78, 5) is 0. The number of hydrogen-bond acceptors (Lipinski definition) is 3. The molecule has 0 aromatic heterocycles. The first-order valence-electron chi connectivity index (χ1n) is 5.07. The summed E-state index contributed by atoms with van der Waals surface area (Å²) in [5, 5.41) is 14.7. The molecule has 0 aliphatic carbocycles. The molecule has 90 valence electrons. The minimum Gasteiger partial charge on any atom is -0.396 e. The molecule has 3 N–H and O–H groups in total. The Labute approximate surface area is 87.0 Å². The maximum absolute atomic E-state index is 11.9. The van der Waals surface area contributed by atoms with Crippen molar-refractivity contribution in [2.24, 2.45) is 5.41 Å². The molecule has 0 spiro atoms. The largest absolute Gasteiger partial charge is 0.401 e. The molecule has 3 nitrogen and oxygen atoms in total. The Morgan fingerprint density at radius 3 is 2.33 bits per heavy atom. The van der Waals surface area contributed by atoms with Gasteiger partial charge in [-0.1, -0.05) is 0 Å². The number of piperidine rings is 1. The number of aliphatic hydroxyl groups excluding tert-OH is 1. The van der Waals surface area contributed by atoms with E-state index in [1.165, 1.54) is 0 Å². The lowest BCUT2D eigenvalue weighted by Gasteiger charge is -2.36. The number of alkyl halides is 3. The highest BCUT2D eigenvalue weighted by Gasteiger charge is 2.33. The van der Waals surface area contributed by atoms with Gasteiger partial charge in [0.15, 0.2) is 0 Å². The summed E-state index contributed by atoms with van der Waals surface area (Å²) < 4.78 is 35.7. The summed E-state index contributed by atoms with van der Waals surface area (Å²) >= 11 is 0. The van der Waals surface area contributed by atoms with E-state index in [1.54, 1.807) is 0 Å². The van der Waals surface area contributed by atoms with Crippen molar-refractivity contribution < 1.29 is 18.3 Å². The third kappa shape index (κ3) is 4.36. The Bertz CT molecular complexity index is 190. The molecule has 0 atom stereocenters. The van der Waals surface area contributed by atoms with Crippen molar-refractivity contribution in [2.45, 2.75) is 19.0 Å². The van der Waals surface area contributed by atoms with Gasteiger partial charge in [0.05, 0.1) is 13.2 Å². The van der Waals surface area contributed by atoms with E-state index in [9.17, 15) is 18.3 Å². The smallest absolute Gasteiger partial charge is 0.396 e. The van der Waals surface area contributed by atoms with Crippen molar-refractivity contribution in [3.8, 4) is 0 Å². The summed E-state index contributed by atoms with van der Waals surface area (Å²) in [6.45, 7) is 0.703. The van der Waals surface area contributed by atoms with Crippen LogP contribution in [0.4, 0.5) is 13.2 Å². The van der Waals surface area contributed by atoms with Crippen LogP contribution in [0.25, 0.3) is 0 Å². The zero-order valence-corrected chi connectivity index (χ0v) is 8.53. The third-order valence-electron chi connectivity index (χ3n) is 2.83. The van der Waals surface area contributed by atoms with Gasteiger partial charge in [0.1, 0.15) is 0 Å². The molecule has 6 heteroatoms. The van der Waals surface area contributed by atoms with Gasteiger partial charge in [0.25, 0.3) is 0 Å². The van der Waals surface area contributed by atoms with Crippen molar-refractivity contribution in [3.63, 3.8) is 0 Å². The van der Waals surface area contributed by atoms with E-state index in [4.69, 9.17) is 0 Å². The first-order valence-corrected chi connectivity index (χ1v) is 5.07. The van der Waals surface area contributed by atoms with E-state index in [1.807, 2.05) is 0 Å². The van der Waals surface area contributed by atoms with Crippen LogP contribution in [0.2, 0.25) is 0 Å².